The lowest BCUT2D eigenvalue weighted by Gasteiger charge is -2.18. The van der Waals surface area contributed by atoms with Crippen molar-refractivity contribution in [2.75, 3.05) is 0 Å². The molecule has 1 heterocycles. The monoisotopic (exact) mass is 583 g/mol. The summed E-state index contributed by atoms with van der Waals surface area (Å²) in [5, 5.41) is 13.0. The number of hydrogen-bond donors (Lipinski definition) is 0. The number of para-hydroxylation sites is 2. The van der Waals surface area contributed by atoms with Crippen LogP contribution in [0.5, 0.6) is 0 Å². The van der Waals surface area contributed by atoms with Crippen LogP contribution < -0.4 is 0 Å². The third kappa shape index (κ3) is 3.51. The molecular formula is C45H29N. The summed E-state index contributed by atoms with van der Waals surface area (Å²) < 4.78 is 2.38. The van der Waals surface area contributed by atoms with Gasteiger partial charge in [-0.15, -0.1) is 0 Å². The van der Waals surface area contributed by atoms with E-state index in [0.717, 1.165) is 0 Å². The lowest BCUT2D eigenvalue weighted by molar-refractivity contribution is 1.18. The molecule has 0 radical (unpaired) electrons. The van der Waals surface area contributed by atoms with E-state index in [1.165, 1.54) is 98.4 Å². The zero-order valence-corrected chi connectivity index (χ0v) is 25.5. The highest BCUT2D eigenvalue weighted by Crippen LogP contribution is 2.44. The number of aryl methyl sites for hydroxylation is 1. The lowest BCUT2D eigenvalue weighted by Crippen LogP contribution is -1.94. The first kappa shape index (κ1) is 25.4. The second kappa shape index (κ2) is 9.54. The molecule has 0 saturated carbocycles. The van der Waals surface area contributed by atoms with Gasteiger partial charge >= 0.3 is 0 Å². The second-order valence-corrected chi connectivity index (χ2v) is 12.5. The Bertz CT molecular complexity index is 2740. The quantitative estimate of drug-likeness (QED) is 0.182. The van der Waals surface area contributed by atoms with Crippen LogP contribution in [0.4, 0.5) is 0 Å². The Balaban J connectivity index is 1.17. The van der Waals surface area contributed by atoms with Gasteiger partial charge in [-0.2, -0.15) is 0 Å². The summed E-state index contributed by atoms with van der Waals surface area (Å²) in [7, 11) is 0. The minimum atomic E-state index is 1.17. The fraction of sp³-hybridized carbons (Fsp3) is 0.0222. The van der Waals surface area contributed by atoms with Crippen molar-refractivity contribution >= 4 is 64.9 Å². The van der Waals surface area contributed by atoms with Gasteiger partial charge in [-0.25, -0.2) is 0 Å². The molecule has 0 spiro atoms. The van der Waals surface area contributed by atoms with E-state index in [9.17, 15) is 0 Å². The fourth-order valence-corrected chi connectivity index (χ4v) is 8.00. The number of benzene rings is 9. The van der Waals surface area contributed by atoms with Crippen molar-refractivity contribution in [2.24, 2.45) is 0 Å². The first-order valence-electron chi connectivity index (χ1n) is 16.0. The fourth-order valence-electron chi connectivity index (χ4n) is 8.00. The van der Waals surface area contributed by atoms with E-state index < -0.39 is 0 Å². The molecule has 10 rings (SSSR count). The Hall–Kier alpha value is -5.92. The Kier molecular flexibility index (Phi) is 5.27. The molecular weight excluding hydrogens is 555 g/mol. The van der Waals surface area contributed by atoms with E-state index in [1.807, 2.05) is 0 Å². The molecule has 9 aromatic carbocycles. The molecule has 0 unspecified atom stereocenters. The highest BCUT2D eigenvalue weighted by Gasteiger charge is 2.17. The Morgan fingerprint density at radius 3 is 1.57 bits per heavy atom. The van der Waals surface area contributed by atoms with Gasteiger partial charge in [-0.1, -0.05) is 133 Å². The van der Waals surface area contributed by atoms with Gasteiger partial charge in [0.25, 0.3) is 0 Å². The minimum absolute atomic E-state index is 1.17. The summed E-state index contributed by atoms with van der Waals surface area (Å²) in [6.45, 7) is 2.24. The van der Waals surface area contributed by atoms with Crippen molar-refractivity contribution in [1.82, 2.24) is 4.57 Å². The smallest absolute Gasteiger partial charge is 0.0541 e. The molecule has 0 aliphatic heterocycles. The number of rotatable bonds is 3. The summed E-state index contributed by atoms with van der Waals surface area (Å²) in [5.41, 5.74) is 10.1. The maximum atomic E-state index is 2.38. The van der Waals surface area contributed by atoms with Crippen LogP contribution in [0.1, 0.15) is 5.56 Å². The molecule has 214 valence electrons. The van der Waals surface area contributed by atoms with E-state index in [1.54, 1.807) is 0 Å². The van der Waals surface area contributed by atoms with Crippen LogP contribution in [-0.2, 0) is 0 Å². The zero-order chi connectivity index (χ0) is 30.4. The highest BCUT2D eigenvalue weighted by atomic mass is 15.0. The first-order chi connectivity index (χ1) is 22.7. The van der Waals surface area contributed by atoms with E-state index in [2.05, 4.69) is 169 Å². The maximum absolute atomic E-state index is 2.38. The summed E-state index contributed by atoms with van der Waals surface area (Å²) >= 11 is 0. The van der Waals surface area contributed by atoms with Gasteiger partial charge in [0.05, 0.1) is 11.0 Å². The molecule has 1 nitrogen and oxygen atoms in total. The van der Waals surface area contributed by atoms with Crippen molar-refractivity contribution in [3.63, 3.8) is 0 Å². The zero-order valence-electron chi connectivity index (χ0n) is 25.5. The third-order valence-electron chi connectivity index (χ3n) is 10.1. The molecule has 10 aromatic rings. The predicted octanol–water partition coefficient (Wildman–Crippen LogP) is 12.5. The van der Waals surface area contributed by atoms with Gasteiger partial charge in [0.2, 0.25) is 0 Å². The van der Waals surface area contributed by atoms with Gasteiger partial charge in [0.1, 0.15) is 0 Å². The van der Waals surface area contributed by atoms with Crippen LogP contribution in [0.3, 0.4) is 0 Å². The molecule has 46 heavy (non-hydrogen) atoms. The number of nitrogens with zero attached hydrogens (tertiary/aromatic N) is 1. The molecule has 0 amide bonds. The molecule has 0 atom stereocenters. The van der Waals surface area contributed by atoms with Crippen LogP contribution in [-0.4, -0.2) is 4.57 Å². The summed E-state index contributed by atoms with van der Waals surface area (Å²) in [6.07, 6.45) is 0. The van der Waals surface area contributed by atoms with Gasteiger partial charge in [-0.05, 0) is 102 Å². The largest absolute Gasteiger partial charge is 0.309 e. The molecule has 0 N–H and O–H groups in total. The number of aromatic nitrogens is 1. The molecule has 0 fully saturated rings. The third-order valence-corrected chi connectivity index (χ3v) is 10.1. The van der Waals surface area contributed by atoms with Crippen molar-refractivity contribution in [2.45, 2.75) is 6.92 Å². The van der Waals surface area contributed by atoms with Crippen molar-refractivity contribution < 1.29 is 0 Å². The molecule has 1 aromatic heterocycles. The van der Waals surface area contributed by atoms with Crippen molar-refractivity contribution in [1.29, 1.82) is 0 Å². The predicted molar refractivity (Wildman–Crippen MR) is 198 cm³/mol. The van der Waals surface area contributed by atoms with Gasteiger partial charge < -0.3 is 4.57 Å². The van der Waals surface area contributed by atoms with Crippen LogP contribution in [0.25, 0.3) is 92.8 Å². The van der Waals surface area contributed by atoms with Crippen molar-refractivity contribution in [3.8, 4) is 27.9 Å². The minimum Gasteiger partial charge on any atom is -0.309 e. The Morgan fingerprint density at radius 2 is 0.891 bits per heavy atom. The standard InChI is InChI=1S/C45H29N/c1-28-14-15-29-8-2-3-9-35(29)43(28)39-26-20-32-19-25-38-34(24-18-31-21-27-40(39)45(32)44(31)38)30-16-22-33(23-17-30)46-41-12-6-4-10-36(41)37-11-5-7-13-42(37)46/h2-27H,1H3. The summed E-state index contributed by atoms with van der Waals surface area (Å²) in [5.74, 6) is 0. The average Bonchev–Trinajstić information content (AvgIpc) is 3.45. The van der Waals surface area contributed by atoms with E-state index in [4.69, 9.17) is 0 Å². The molecule has 1 heteroatoms. The van der Waals surface area contributed by atoms with E-state index in [-0.39, 0.29) is 0 Å². The van der Waals surface area contributed by atoms with Crippen LogP contribution in [0.15, 0.2) is 158 Å². The molecule has 0 bridgehead atoms. The van der Waals surface area contributed by atoms with Crippen LogP contribution in [0, 0.1) is 6.92 Å². The summed E-state index contributed by atoms with van der Waals surface area (Å²) in [6, 6.07) is 58.3. The highest BCUT2D eigenvalue weighted by molar-refractivity contribution is 6.28. The number of fused-ring (bicyclic) bond motifs is 4. The average molecular weight is 584 g/mol. The van der Waals surface area contributed by atoms with Gasteiger partial charge in [0.15, 0.2) is 0 Å². The van der Waals surface area contributed by atoms with E-state index >= 15 is 0 Å². The SMILES string of the molecule is Cc1ccc2ccccc2c1-c1ccc2ccc3c(-c4ccc(-n5c6ccccc6c6ccccc65)cc4)ccc4ccc1c2c43. The molecule has 0 saturated heterocycles. The molecule has 0 aliphatic rings. The van der Waals surface area contributed by atoms with Crippen LogP contribution >= 0.6 is 0 Å². The van der Waals surface area contributed by atoms with Crippen LogP contribution in [0.2, 0.25) is 0 Å². The normalized spacial score (nSPS) is 12.0. The first-order valence-corrected chi connectivity index (χ1v) is 16.0. The van der Waals surface area contributed by atoms with Gasteiger partial charge in [0, 0.05) is 16.5 Å². The Labute approximate surface area is 266 Å². The van der Waals surface area contributed by atoms with E-state index in [0.29, 0.717) is 0 Å². The second-order valence-electron chi connectivity index (χ2n) is 12.5. The summed E-state index contributed by atoms with van der Waals surface area (Å²) in [4.78, 5) is 0. The lowest BCUT2D eigenvalue weighted by atomic mass is 9.85. The van der Waals surface area contributed by atoms with Crippen molar-refractivity contribution in [3.05, 3.63) is 163 Å². The maximum Gasteiger partial charge on any atom is 0.0541 e. The topological polar surface area (TPSA) is 4.93 Å². The number of hydrogen-bond acceptors (Lipinski definition) is 0. The van der Waals surface area contributed by atoms with Gasteiger partial charge in [-0.3, -0.25) is 0 Å². The molecule has 0 aliphatic carbocycles. The Morgan fingerprint density at radius 1 is 0.370 bits per heavy atom.